The van der Waals surface area contributed by atoms with Gasteiger partial charge in [0.1, 0.15) is 0 Å². The zero-order valence-corrected chi connectivity index (χ0v) is 12.2. The summed E-state index contributed by atoms with van der Waals surface area (Å²) in [5.41, 5.74) is 0. The van der Waals surface area contributed by atoms with Crippen LogP contribution in [0.1, 0.15) is 71.1 Å². The summed E-state index contributed by atoms with van der Waals surface area (Å²) in [6, 6.07) is 0. The van der Waals surface area contributed by atoms with Crippen molar-refractivity contribution in [3.05, 3.63) is 11.8 Å². The summed E-state index contributed by atoms with van der Waals surface area (Å²) in [7, 11) is 1.79. The van der Waals surface area contributed by atoms with Gasteiger partial charge in [-0.25, -0.2) is 0 Å². The van der Waals surface area contributed by atoms with Crippen molar-refractivity contribution in [1.82, 2.24) is 0 Å². The molecule has 18 heavy (non-hydrogen) atoms. The summed E-state index contributed by atoms with van der Waals surface area (Å²) in [4.78, 5) is 0. The Bertz CT molecular complexity index is 217. The fourth-order valence-electron chi connectivity index (χ4n) is 2.48. The SMILES string of the molecule is CCCCC/C(=C/CCCC1CCCCO1)OC. The molecule has 0 bridgehead atoms. The van der Waals surface area contributed by atoms with Crippen molar-refractivity contribution in [2.24, 2.45) is 0 Å². The second-order valence-corrected chi connectivity index (χ2v) is 5.25. The van der Waals surface area contributed by atoms with Crippen molar-refractivity contribution in [2.45, 2.75) is 77.2 Å². The maximum absolute atomic E-state index is 5.74. The summed E-state index contributed by atoms with van der Waals surface area (Å²) in [6.07, 6.45) is 15.2. The Morgan fingerprint density at radius 2 is 2.17 bits per heavy atom. The molecule has 1 fully saturated rings. The smallest absolute Gasteiger partial charge is 0.0915 e. The van der Waals surface area contributed by atoms with Gasteiger partial charge >= 0.3 is 0 Å². The Morgan fingerprint density at radius 1 is 1.28 bits per heavy atom. The highest BCUT2D eigenvalue weighted by Gasteiger charge is 2.12. The van der Waals surface area contributed by atoms with Crippen molar-refractivity contribution >= 4 is 0 Å². The van der Waals surface area contributed by atoms with Gasteiger partial charge in [0.15, 0.2) is 0 Å². The standard InChI is InChI=1S/C16H30O2/c1-3-4-5-10-15(17-2)11-6-7-12-16-13-8-9-14-18-16/h11,16H,3-10,12-14H2,1-2H3/b15-11-. The first-order valence-corrected chi connectivity index (χ1v) is 7.71. The summed E-state index contributed by atoms with van der Waals surface area (Å²) < 4.78 is 11.2. The minimum absolute atomic E-state index is 0.526. The molecule has 2 nitrogen and oxygen atoms in total. The minimum Gasteiger partial charge on any atom is -0.501 e. The van der Waals surface area contributed by atoms with E-state index in [1.54, 1.807) is 7.11 Å². The van der Waals surface area contributed by atoms with Gasteiger partial charge in [-0.15, -0.1) is 0 Å². The highest BCUT2D eigenvalue weighted by Crippen LogP contribution is 2.18. The van der Waals surface area contributed by atoms with Crippen molar-refractivity contribution < 1.29 is 9.47 Å². The Kier molecular flexibility index (Phi) is 9.01. The normalized spacial score (nSPS) is 21.0. The second-order valence-electron chi connectivity index (χ2n) is 5.25. The summed E-state index contributed by atoms with van der Waals surface area (Å²) in [5, 5.41) is 0. The Hall–Kier alpha value is -0.500. The molecule has 1 aliphatic rings. The highest BCUT2D eigenvalue weighted by atomic mass is 16.5. The molecule has 1 rings (SSSR count). The molecule has 0 radical (unpaired) electrons. The Labute approximate surface area is 113 Å². The molecule has 0 N–H and O–H groups in total. The average Bonchev–Trinajstić information content (AvgIpc) is 2.43. The maximum atomic E-state index is 5.74. The summed E-state index contributed by atoms with van der Waals surface area (Å²) in [5.74, 6) is 1.17. The van der Waals surface area contributed by atoms with E-state index >= 15 is 0 Å². The van der Waals surface area contributed by atoms with Crippen LogP contribution in [0.4, 0.5) is 0 Å². The number of ether oxygens (including phenoxy) is 2. The first-order valence-electron chi connectivity index (χ1n) is 7.71. The molecule has 0 aliphatic carbocycles. The van der Waals surface area contributed by atoms with E-state index in [-0.39, 0.29) is 0 Å². The molecule has 0 aromatic rings. The van der Waals surface area contributed by atoms with Gasteiger partial charge in [-0.05, 0) is 51.0 Å². The number of hydrogen-bond donors (Lipinski definition) is 0. The largest absolute Gasteiger partial charge is 0.501 e. The van der Waals surface area contributed by atoms with Crippen LogP contribution in [0.5, 0.6) is 0 Å². The molecule has 0 amide bonds. The first kappa shape index (κ1) is 15.6. The molecular weight excluding hydrogens is 224 g/mol. The van der Waals surface area contributed by atoms with E-state index in [9.17, 15) is 0 Å². The molecule has 0 spiro atoms. The van der Waals surface area contributed by atoms with Crippen LogP contribution in [0.15, 0.2) is 11.8 Å². The van der Waals surface area contributed by atoms with E-state index in [4.69, 9.17) is 9.47 Å². The van der Waals surface area contributed by atoms with Gasteiger partial charge < -0.3 is 9.47 Å². The highest BCUT2D eigenvalue weighted by molar-refractivity contribution is 4.92. The van der Waals surface area contributed by atoms with Gasteiger partial charge in [0.2, 0.25) is 0 Å². The topological polar surface area (TPSA) is 18.5 Å². The molecule has 1 unspecified atom stereocenters. The summed E-state index contributed by atoms with van der Waals surface area (Å²) in [6.45, 7) is 3.21. The van der Waals surface area contributed by atoms with E-state index in [1.165, 1.54) is 57.1 Å². The van der Waals surface area contributed by atoms with Gasteiger partial charge in [0, 0.05) is 13.0 Å². The van der Waals surface area contributed by atoms with Crippen LogP contribution >= 0.6 is 0 Å². The van der Waals surface area contributed by atoms with E-state index in [0.717, 1.165) is 19.4 Å². The summed E-state index contributed by atoms with van der Waals surface area (Å²) >= 11 is 0. The first-order chi connectivity index (χ1) is 8.86. The number of hydrogen-bond acceptors (Lipinski definition) is 2. The predicted molar refractivity (Wildman–Crippen MR) is 76.7 cm³/mol. The molecule has 1 atom stereocenters. The van der Waals surface area contributed by atoms with Crippen LogP contribution in [0.2, 0.25) is 0 Å². The zero-order valence-electron chi connectivity index (χ0n) is 12.2. The van der Waals surface area contributed by atoms with Crippen LogP contribution in [0.25, 0.3) is 0 Å². The number of methoxy groups -OCH3 is 1. The lowest BCUT2D eigenvalue weighted by Crippen LogP contribution is -2.18. The fourth-order valence-corrected chi connectivity index (χ4v) is 2.48. The predicted octanol–water partition coefficient (Wildman–Crippen LogP) is 4.84. The third-order valence-electron chi connectivity index (χ3n) is 3.67. The quantitative estimate of drug-likeness (QED) is 0.433. The van der Waals surface area contributed by atoms with E-state index in [2.05, 4.69) is 13.0 Å². The monoisotopic (exact) mass is 254 g/mol. The van der Waals surface area contributed by atoms with Crippen molar-refractivity contribution in [3.8, 4) is 0 Å². The molecule has 2 heteroatoms. The van der Waals surface area contributed by atoms with E-state index in [0.29, 0.717) is 6.10 Å². The molecule has 1 heterocycles. The average molecular weight is 254 g/mol. The van der Waals surface area contributed by atoms with Crippen LogP contribution in [-0.4, -0.2) is 19.8 Å². The molecule has 0 aromatic heterocycles. The maximum Gasteiger partial charge on any atom is 0.0915 e. The second kappa shape index (κ2) is 10.4. The molecule has 1 aliphatic heterocycles. The van der Waals surface area contributed by atoms with Gasteiger partial charge in [-0.2, -0.15) is 0 Å². The third-order valence-corrected chi connectivity index (χ3v) is 3.67. The molecule has 0 aromatic carbocycles. The number of allylic oxidation sites excluding steroid dienone is 2. The van der Waals surface area contributed by atoms with Crippen LogP contribution in [0, 0.1) is 0 Å². The van der Waals surface area contributed by atoms with E-state index in [1.807, 2.05) is 0 Å². The minimum atomic E-state index is 0.526. The zero-order chi connectivity index (χ0) is 13.1. The lowest BCUT2D eigenvalue weighted by atomic mass is 10.0. The Balaban J connectivity index is 2.08. The van der Waals surface area contributed by atoms with Crippen molar-refractivity contribution in [3.63, 3.8) is 0 Å². The van der Waals surface area contributed by atoms with Gasteiger partial charge in [0.25, 0.3) is 0 Å². The van der Waals surface area contributed by atoms with E-state index < -0.39 is 0 Å². The van der Waals surface area contributed by atoms with Crippen LogP contribution < -0.4 is 0 Å². The van der Waals surface area contributed by atoms with Gasteiger partial charge in [0.05, 0.1) is 19.0 Å². The van der Waals surface area contributed by atoms with Crippen LogP contribution in [-0.2, 0) is 9.47 Å². The molecule has 1 saturated heterocycles. The van der Waals surface area contributed by atoms with Crippen LogP contribution in [0.3, 0.4) is 0 Å². The van der Waals surface area contributed by atoms with Gasteiger partial charge in [-0.1, -0.05) is 19.8 Å². The lowest BCUT2D eigenvalue weighted by Gasteiger charge is -2.22. The van der Waals surface area contributed by atoms with Crippen molar-refractivity contribution in [2.75, 3.05) is 13.7 Å². The molecular formula is C16H30O2. The molecule has 106 valence electrons. The Morgan fingerprint density at radius 3 is 2.83 bits per heavy atom. The lowest BCUT2D eigenvalue weighted by molar-refractivity contribution is 0.0103. The van der Waals surface area contributed by atoms with Crippen molar-refractivity contribution in [1.29, 1.82) is 0 Å². The van der Waals surface area contributed by atoms with Gasteiger partial charge in [-0.3, -0.25) is 0 Å². The number of rotatable bonds is 9. The molecule has 0 saturated carbocycles. The fraction of sp³-hybridized carbons (Fsp3) is 0.875. The third kappa shape index (κ3) is 7.05. The number of unbranched alkanes of at least 4 members (excludes halogenated alkanes) is 3.